The Morgan fingerprint density at radius 2 is 1.75 bits per heavy atom. The molecule has 0 aliphatic carbocycles. The molecule has 0 radical (unpaired) electrons. The number of aliphatic hydroxyl groups is 2. The third kappa shape index (κ3) is 3.82. The van der Waals surface area contributed by atoms with Crippen LogP contribution in [-0.4, -0.2) is 28.3 Å². The lowest BCUT2D eigenvalue weighted by molar-refractivity contribution is 0.204. The molecule has 1 unspecified atom stereocenters. The number of benzene rings is 2. The highest BCUT2D eigenvalue weighted by Gasteiger charge is 2.09. The minimum absolute atomic E-state index is 0.115. The van der Waals surface area contributed by atoms with Crippen molar-refractivity contribution >= 4 is 11.8 Å². The fraction of sp³-hybridized carbons (Fsp3) is 0.250. The first-order chi connectivity index (χ1) is 9.72. The van der Waals surface area contributed by atoms with Crippen LogP contribution in [0.5, 0.6) is 0 Å². The molecule has 2 rings (SSSR count). The topological polar surface area (TPSA) is 40.5 Å². The van der Waals surface area contributed by atoms with Gasteiger partial charge in [-0.3, -0.25) is 0 Å². The van der Waals surface area contributed by atoms with Gasteiger partial charge in [-0.15, -0.1) is 0 Å². The lowest BCUT2D eigenvalue weighted by Gasteiger charge is -2.11. The van der Waals surface area contributed by atoms with Gasteiger partial charge in [-0.25, -0.2) is 4.39 Å². The van der Waals surface area contributed by atoms with Gasteiger partial charge in [0.15, 0.2) is 0 Å². The molecule has 0 aliphatic heterocycles. The molecule has 0 fully saturated rings. The van der Waals surface area contributed by atoms with Crippen LogP contribution >= 0.6 is 11.8 Å². The summed E-state index contributed by atoms with van der Waals surface area (Å²) in [5.74, 6) is 0.906. The minimum Gasteiger partial charge on any atom is -0.396 e. The van der Waals surface area contributed by atoms with E-state index in [4.69, 9.17) is 5.11 Å². The molecule has 2 nitrogen and oxygen atoms in total. The molecule has 2 aromatic carbocycles. The van der Waals surface area contributed by atoms with Crippen LogP contribution in [-0.2, 0) is 0 Å². The fourth-order valence-electron chi connectivity index (χ4n) is 1.94. The van der Waals surface area contributed by atoms with Crippen molar-refractivity contribution < 1.29 is 14.6 Å². The van der Waals surface area contributed by atoms with Gasteiger partial charge in [0.1, 0.15) is 5.82 Å². The molecule has 20 heavy (non-hydrogen) atoms. The fourth-order valence-corrected chi connectivity index (χ4v) is 2.65. The summed E-state index contributed by atoms with van der Waals surface area (Å²) in [5, 5.41) is 18.7. The summed E-state index contributed by atoms with van der Waals surface area (Å²) in [5.41, 5.74) is 2.15. The molecule has 0 spiro atoms. The van der Waals surface area contributed by atoms with Gasteiger partial charge in [0.2, 0.25) is 0 Å². The van der Waals surface area contributed by atoms with Crippen LogP contribution in [0.15, 0.2) is 48.5 Å². The van der Waals surface area contributed by atoms with Crippen molar-refractivity contribution in [2.24, 2.45) is 0 Å². The van der Waals surface area contributed by atoms with E-state index >= 15 is 0 Å². The van der Waals surface area contributed by atoms with Gasteiger partial charge in [0.25, 0.3) is 0 Å². The second-order valence-corrected chi connectivity index (χ2v) is 5.57. The zero-order chi connectivity index (χ0) is 14.4. The third-order valence-electron chi connectivity index (χ3n) is 2.99. The summed E-state index contributed by atoms with van der Waals surface area (Å²) in [4.78, 5) is 0. The van der Waals surface area contributed by atoms with Crippen molar-refractivity contribution in [3.8, 4) is 11.1 Å². The summed E-state index contributed by atoms with van der Waals surface area (Å²) in [7, 11) is 0. The van der Waals surface area contributed by atoms with Crippen LogP contribution < -0.4 is 0 Å². The Balaban J connectivity index is 2.08. The zero-order valence-electron chi connectivity index (χ0n) is 11.0. The van der Waals surface area contributed by atoms with Crippen molar-refractivity contribution in [1.82, 2.24) is 0 Å². The molecule has 0 amide bonds. The summed E-state index contributed by atoms with van der Waals surface area (Å²) in [6, 6.07) is 13.9. The minimum atomic E-state index is -0.568. The molecule has 106 valence electrons. The average molecular weight is 292 g/mol. The summed E-state index contributed by atoms with van der Waals surface area (Å²) in [6.07, 6.45) is -0.568. The molecule has 4 heteroatoms. The van der Waals surface area contributed by atoms with Crippen LogP contribution in [0, 0.1) is 5.82 Å². The van der Waals surface area contributed by atoms with E-state index in [0.29, 0.717) is 17.1 Å². The van der Waals surface area contributed by atoms with Gasteiger partial charge in [-0.2, -0.15) is 11.8 Å². The Morgan fingerprint density at radius 3 is 2.40 bits per heavy atom. The number of halogens is 1. The first-order valence-corrected chi connectivity index (χ1v) is 7.59. The van der Waals surface area contributed by atoms with Crippen LogP contribution in [0.25, 0.3) is 11.1 Å². The summed E-state index contributed by atoms with van der Waals surface area (Å²) >= 11 is 1.50. The van der Waals surface area contributed by atoms with Crippen LogP contribution in [0.4, 0.5) is 4.39 Å². The predicted octanol–water partition coefficient (Wildman–Crippen LogP) is 3.25. The highest BCUT2D eigenvalue weighted by Crippen LogP contribution is 2.25. The number of hydrogen-bond donors (Lipinski definition) is 2. The first kappa shape index (κ1) is 15.0. The molecule has 1 atom stereocenters. The molecule has 2 aromatic rings. The van der Waals surface area contributed by atoms with Crippen molar-refractivity contribution in [1.29, 1.82) is 0 Å². The highest BCUT2D eigenvalue weighted by atomic mass is 32.2. The molecule has 0 aromatic heterocycles. The van der Waals surface area contributed by atoms with Gasteiger partial charge in [-0.1, -0.05) is 42.5 Å². The lowest BCUT2D eigenvalue weighted by Crippen LogP contribution is -2.02. The molecule has 0 saturated heterocycles. The Hall–Kier alpha value is -1.36. The van der Waals surface area contributed by atoms with E-state index in [1.165, 1.54) is 17.8 Å². The van der Waals surface area contributed by atoms with Crippen LogP contribution in [0.1, 0.15) is 11.7 Å². The lowest BCUT2D eigenvalue weighted by atomic mass is 10.0. The smallest absolute Gasteiger partial charge is 0.131 e. The maximum atomic E-state index is 13.7. The van der Waals surface area contributed by atoms with Gasteiger partial charge < -0.3 is 10.2 Å². The van der Waals surface area contributed by atoms with Gasteiger partial charge in [-0.05, 0) is 17.2 Å². The van der Waals surface area contributed by atoms with Crippen molar-refractivity contribution in [3.63, 3.8) is 0 Å². The summed E-state index contributed by atoms with van der Waals surface area (Å²) < 4.78 is 13.7. The molecule has 0 aliphatic rings. The van der Waals surface area contributed by atoms with E-state index < -0.39 is 6.10 Å². The SMILES string of the molecule is OCCSCC(O)c1ccc(-c2ccccc2F)cc1. The maximum absolute atomic E-state index is 13.7. The monoisotopic (exact) mass is 292 g/mol. The summed E-state index contributed by atoms with van der Waals surface area (Å²) in [6.45, 7) is 0.115. The number of rotatable bonds is 6. The number of hydrogen-bond acceptors (Lipinski definition) is 3. The van der Waals surface area contributed by atoms with E-state index in [9.17, 15) is 9.50 Å². The molecule has 0 bridgehead atoms. The van der Waals surface area contributed by atoms with Crippen LogP contribution in [0.2, 0.25) is 0 Å². The van der Waals surface area contributed by atoms with Crippen molar-refractivity contribution in [2.75, 3.05) is 18.1 Å². The average Bonchev–Trinajstić information content (AvgIpc) is 2.48. The standard InChI is InChI=1S/C16H17FO2S/c17-15-4-2-1-3-14(15)12-5-7-13(8-6-12)16(19)11-20-10-9-18/h1-8,16,18-19H,9-11H2. The second-order valence-electron chi connectivity index (χ2n) is 4.42. The second kappa shape index (κ2) is 7.43. The van der Waals surface area contributed by atoms with Crippen molar-refractivity contribution in [3.05, 3.63) is 59.9 Å². The molecule has 2 N–H and O–H groups in total. The molecular weight excluding hydrogens is 275 g/mol. The van der Waals surface area contributed by atoms with Crippen LogP contribution in [0.3, 0.4) is 0 Å². The Bertz CT molecular complexity index is 542. The zero-order valence-corrected chi connectivity index (χ0v) is 11.8. The van der Waals surface area contributed by atoms with E-state index in [-0.39, 0.29) is 12.4 Å². The maximum Gasteiger partial charge on any atom is 0.131 e. The van der Waals surface area contributed by atoms with E-state index in [1.54, 1.807) is 18.2 Å². The predicted molar refractivity (Wildman–Crippen MR) is 81.2 cm³/mol. The van der Waals surface area contributed by atoms with E-state index in [0.717, 1.165) is 11.1 Å². The normalized spacial score (nSPS) is 12.3. The largest absolute Gasteiger partial charge is 0.396 e. The highest BCUT2D eigenvalue weighted by molar-refractivity contribution is 7.99. The van der Waals surface area contributed by atoms with Gasteiger partial charge in [0, 0.05) is 17.1 Å². The Labute approximate surface area is 122 Å². The van der Waals surface area contributed by atoms with Crippen molar-refractivity contribution in [2.45, 2.75) is 6.10 Å². The molecular formula is C16H17FO2S. The first-order valence-electron chi connectivity index (χ1n) is 6.44. The molecule has 0 heterocycles. The van der Waals surface area contributed by atoms with E-state index in [1.807, 2.05) is 24.3 Å². The number of thioether (sulfide) groups is 1. The van der Waals surface area contributed by atoms with Gasteiger partial charge >= 0.3 is 0 Å². The number of aliphatic hydroxyl groups excluding tert-OH is 2. The Kier molecular flexibility index (Phi) is 5.59. The third-order valence-corrected chi connectivity index (χ3v) is 4.01. The quantitative estimate of drug-likeness (QED) is 0.803. The Morgan fingerprint density at radius 1 is 1.05 bits per heavy atom. The van der Waals surface area contributed by atoms with E-state index in [2.05, 4.69) is 0 Å². The molecule has 0 saturated carbocycles. The van der Waals surface area contributed by atoms with Gasteiger partial charge in [0.05, 0.1) is 12.7 Å².